The summed E-state index contributed by atoms with van der Waals surface area (Å²) in [6, 6.07) is 8.96. The Morgan fingerprint density at radius 2 is 2.00 bits per heavy atom. The van der Waals surface area contributed by atoms with E-state index >= 15 is 0 Å². The predicted molar refractivity (Wildman–Crippen MR) is 43.0 cm³/mol. The first-order valence-corrected chi connectivity index (χ1v) is 3.40. The molecule has 0 aliphatic rings. The standard InChI is InChI=1S/C9H9FN/c1-2-11-7-8-3-5-9(10)6-4-8/h3-6H,7H2,1H3/q+1. The third kappa shape index (κ3) is 2.38. The van der Waals surface area contributed by atoms with Gasteiger partial charge in [-0.05, 0) is 24.3 Å². The second kappa shape index (κ2) is 3.72. The van der Waals surface area contributed by atoms with Gasteiger partial charge in [0.2, 0.25) is 0 Å². The Bertz CT molecular complexity index is 279. The van der Waals surface area contributed by atoms with Crippen LogP contribution < -0.4 is 0 Å². The van der Waals surface area contributed by atoms with E-state index in [9.17, 15) is 4.39 Å². The van der Waals surface area contributed by atoms with Gasteiger partial charge in [-0.25, -0.2) is 4.39 Å². The molecule has 1 rings (SSSR count). The van der Waals surface area contributed by atoms with E-state index in [1.807, 2.05) is 0 Å². The van der Waals surface area contributed by atoms with Gasteiger partial charge >= 0.3 is 0 Å². The van der Waals surface area contributed by atoms with E-state index in [1.54, 1.807) is 19.1 Å². The Morgan fingerprint density at radius 1 is 1.36 bits per heavy atom. The van der Waals surface area contributed by atoms with E-state index in [-0.39, 0.29) is 5.82 Å². The fraction of sp³-hybridized carbons (Fsp3) is 0.222. The van der Waals surface area contributed by atoms with Gasteiger partial charge in [0.05, 0.1) is 6.92 Å². The molecular weight excluding hydrogens is 141 g/mol. The zero-order chi connectivity index (χ0) is 8.10. The van der Waals surface area contributed by atoms with Crippen LogP contribution in [0.4, 0.5) is 4.39 Å². The maximum atomic E-state index is 12.4. The minimum atomic E-state index is -0.210. The van der Waals surface area contributed by atoms with E-state index < -0.39 is 0 Å². The number of hydrogen-bond acceptors (Lipinski definition) is 0. The Balaban J connectivity index is 2.71. The first-order valence-electron chi connectivity index (χ1n) is 3.40. The largest absolute Gasteiger partial charge is 0.288 e. The average molecular weight is 150 g/mol. The summed E-state index contributed by atoms with van der Waals surface area (Å²) in [6.07, 6.45) is 0. The maximum absolute atomic E-state index is 12.4. The molecule has 0 N–H and O–H groups in total. The first kappa shape index (κ1) is 7.74. The summed E-state index contributed by atoms with van der Waals surface area (Å²) in [4.78, 5) is 3.90. The van der Waals surface area contributed by atoms with Crippen LogP contribution >= 0.6 is 0 Å². The molecule has 11 heavy (non-hydrogen) atoms. The zero-order valence-electron chi connectivity index (χ0n) is 6.34. The number of nitrogens with zero attached hydrogens (tertiary/aromatic N) is 1. The van der Waals surface area contributed by atoms with E-state index in [0.717, 1.165) is 5.56 Å². The third-order valence-electron chi connectivity index (χ3n) is 1.33. The Morgan fingerprint density at radius 3 is 2.55 bits per heavy atom. The van der Waals surface area contributed by atoms with Gasteiger partial charge in [0.25, 0.3) is 12.6 Å². The molecule has 0 spiro atoms. The Hall–Kier alpha value is -1.36. The van der Waals surface area contributed by atoms with Crippen LogP contribution in [0.5, 0.6) is 0 Å². The summed E-state index contributed by atoms with van der Waals surface area (Å²) >= 11 is 0. The lowest BCUT2D eigenvalue weighted by molar-refractivity contribution is 0.627. The van der Waals surface area contributed by atoms with E-state index in [4.69, 9.17) is 0 Å². The van der Waals surface area contributed by atoms with Crippen molar-refractivity contribution in [2.75, 3.05) is 0 Å². The highest BCUT2D eigenvalue weighted by atomic mass is 19.1. The molecule has 0 radical (unpaired) electrons. The molecule has 0 unspecified atom stereocenters. The van der Waals surface area contributed by atoms with Gasteiger partial charge in [-0.3, -0.25) is 0 Å². The van der Waals surface area contributed by atoms with E-state index in [0.29, 0.717) is 6.54 Å². The molecule has 0 amide bonds. The lowest BCUT2D eigenvalue weighted by atomic mass is 10.2. The Labute approximate surface area is 65.3 Å². The highest BCUT2D eigenvalue weighted by Crippen LogP contribution is 2.03. The van der Waals surface area contributed by atoms with Gasteiger partial charge in [-0.2, -0.15) is 0 Å². The molecule has 0 aliphatic heterocycles. The van der Waals surface area contributed by atoms with E-state index in [1.165, 1.54) is 12.1 Å². The van der Waals surface area contributed by atoms with Crippen molar-refractivity contribution in [1.82, 2.24) is 0 Å². The topological polar surface area (TPSA) is 4.36 Å². The minimum Gasteiger partial charge on any atom is -0.207 e. The summed E-state index contributed by atoms with van der Waals surface area (Å²) in [5.74, 6) is -0.210. The Kier molecular flexibility index (Phi) is 2.62. The van der Waals surface area contributed by atoms with Gasteiger partial charge in [0.15, 0.2) is 0 Å². The highest BCUT2D eigenvalue weighted by molar-refractivity contribution is 5.17. The van der Waals surface area contributed by atoms with Crippen molar-refractivity contribution in [3.8, 4) is 6.07 Å². The average Bonchev–Trinajstić information content (AvgIpc) is 2.04. The number of halogens is 1. The highest BCUT2D eigenvalue weighted by Gasteiger charge is 1.96. The van der Waals surface area contributed by atoms with Gasteiger partial charge in [-0.15, -0.1) is 0 Å². The van der Waals surface area contributed by atoms with Crippen LogP contribution in [0, 0.1) is 11.9 Å². The molecule has 0 heterocycles. The molecule has 1 aromatic carbocycles. The summed E-state index contributed by atoms with van der Waals surface area (Å²) in [7, 11) is 0. The smallest absolute Gasteiger partial charge is 0.207 e. The molecule has 56 valence electrons. The molecule has 0 saturated carbocycles. The summed E-state index contributed by atoms with van der Waals surface area (Å²) in [6.45, 7) is 2.32. The molecule has 1 nitrogen and oxygen atoms in total. The van der Waals surface area contributed by atoms with Crippen LogP contribution in [0.2, 0.25) is 0 Å². The van der Waals surface area contributed by atoms with Gasteiger partial charge < -0.3 is 0 Å². The van der Waals surface area contributed by atoms with Crippen molar-refractivity contribution >= 4 is 0 Å². The van der Waals surface area contributed by atoms with E-state index in [2.05, 4.69) is 10.9 Å². The van der Waals surface area contributed by atoms with Crippen LogP contribution in [0.3, 0.4) is 0 Å². The number of rotatable bonds is 1. The quantitative estimate of drug-likeness (QED) is 0.579. The minimum absolute atomic E-state index is 0.210. The molecule has 0 bridgehead atoms. The molecule has 0 saturated heterocycles. The normalized spacial score (nSPS) is 8.55. The zero-order valence-corrected chi connectivity index (χ0v) is 6.34. The second-order valence-electron chi connectivity index (χ2n) is 2.17. The van der Waals surface area contributed by atoms with Crippen molar-refractivity contribution < 1.29 is 4.39 Å². The van der Waals surface area contributed by atoms with Crippen molar-refractivity contribution in [1.29, 1.82) is 0 Å². The predicted octanol–water partition coefficient (Wildman–Crippen LogP) is 2.68. The monoisotopic (exact) mass is 150 g/mol. The molecule has 0 atom stereocenters. The molecule has 0 aliphatic carbocycles. The maximum Gasteiger partial charge on any atom is 0.288 e. The molecule has 0 fully saturated rings. The van der Waals surface area contributed by atoms with Crippen molar-refractivity contribution in [3.63, 3.8) is 0 Å². The van der Waals surface area contributed by atoms with Crippen LogP contribution in [0.1, 0.15) is 12.5 Å². The fourth-order valence-corrected chi connectivity index (χ4v) is 0.760. The summed E-state index contributed by atoms with van der Waals surface area (Å²) < 4.78 is 12.4. The van der Waals surface area contributed by atoms with Crippen LogP contribution in [0.25, 0.3) is 4.85 Å². The second-order valence-corrected chi connectivity index (χ2v) is 2.17. The van der Waals surface area contributed by atoms with Crippen LogP contribution in [-0.4, -0.2) is 0 Å². The molecule has 0 aromatic heterocycles. The molecule has 2 heteroatoms. The lowest BCUT2D eigenvalue weighted by Crippen LogP contribution is -1.79. The van der Waals surface area contributed by atoms with Crippen molar-refractivity contribution in [2.24, 2.45) is 0 Å². The first-order chi connectivity index (χ1) is 5.33. The molecular formula is C9H9FN+. The summed E-state index contributed by atoms with van der Waals surface area (Å²) in [5.41, 5.74) is 1.00. The number of benzene rings is 1. The molecule has 1 aromatic rings. The van der Waals surface area contributed by atoms with Crippen LogP contribution in [0.15, 0.2) is 24.3 Å². The van der Waals surface area contributed by atoms with Gasteiger partial charge in [0, 0.05) is 5.56 Å². The van der Waals surface area contributed by atoms with Gasteiger partial charge in [0.1, 0.15) is 5.82 Å². The fourth-order valence-electron chi connectivity index (χ4n) is 0.760. The number of hydrogen-bond donors (Lipinski definition) is 0. The van der Waals surface area contributed by atoms with Crippen LogP contribution in [-0.2, 0) is 6.54 Å². The van der Waals surface area contributed by atoms with Crippen molar-refractivity contribution in [2.45, 2.75) is 13.5 Å². The third-order valence-corrected chi connectivity index (χ3v) is 1.33. The van der Waals surface area contributed by atoms with Gasteiger partial charge in [-0.1, -0.05) is 4.85 Å². The SMILES string of the molecule is CC#[N+]Cc1ccc(F)cc1. The lowest BCUT2D eigenvalue weighted by Gasteiger charge is -1.87. The van der Waals surface area contributed by atoms with Crippen molar-refractivity contribution in [3.05, 3.63) is 40.5 Å². The summed E-state index contributed by atoms with van der Waals surface area (Å²) in [5, 5.41) is 0.